The van der Waals surface area contributed by atoms with E-state index in [-0.39, 0.29) is 13.2 Å². The Bertz CT molecular complexity index is 493. The molecule has 0 saturated carbocycles. The van der Waals surface area contributed by atoms with E-state index in [1.807, 2.05) is 0 Å². The van der Waals surface area contributed by atoms with Crippen LogP contribution in [0, 0.1) is 6.92 Å². The van der Waals surface area contributed by atoms with E-state index < -0.39 is 11.9 Å². The number of ether oxygens (including phenoxy) is 3. The summed E-state index contributed by atoms with van der Waals surface area (Å²) in [4.78, 5) is 23.6. The molecule has 1 aromatic carbocycles. The molecule has 20 heavy (non-hydrogen) atoms. The summed E-state index contributed by atoms with van der Waals surface area (Å²) in [6, 6.07) is 4.75. The van der Waals surface area contributed by atoms with Crippen LogP contribution in [0.25, 0.3) is 0 Å². The molecule has 0 unspecified atom stereocenters. The van der Waals surface area contributed by atoms with Crippen LogP contribution >= 0.6 is 0 Å². The summed E-state index contributed by atoms with van der Waals surface area (Å²) in [5, 5.41) is 0. The number of hydrogen-bond acceptors (Lipinski definition) is 5. The van der Waals surface area contributed by atoms with Gasteiger partial charge < -0.3 is 14.2 Å². The molecular weight excluding hydrogens is 260 g/mol. The molecule has 0 aromatic heterocycles. The van der Waals surface area contributed by atoms with Gasteiger partial charge in [0.15, 0.2) is 0 Å². The predicted octanol–water partition coefficient (Wildman–Crippen LogP) is 2.14. The number of methoxy groups -OCH3 is 1. The molecule has 1 rings (SSSR count). The average Bonchev–Trinajstić information content (AvgIpc) is 2.44. The Labute approximate surface area is 118 Å². The molecule has 0 aliphatic heterocycles. The summed E-state index contributed by atoms with van der Waals surface area (Å²) >= 11 is 0. The topological polar surface area (TPSA) is 61.8 Å². The van der Waals surface area contributed by atoms with E-state index in [1.54, 1.807) is 19.1 Å². The Kier molecular flexibility index (Phi) is 6.46. The Morgan fingerprint density at radius 2 is 1.70 bits per heavy atom. The Morgan fingerprint density at radius 1 is 1.10 bits per heavy atom. The average molecular weight is 278 g/mol. The number of aryl methyl sites for hydroxylation is 1. The molecule has 0 atom stereocenters. The second-order valence-electron chi connectivity index (χ2n) is 4.10. The third kappa shape index (κ3) is 4.85. The minimum Gasteiger partial charge on any atom is -0.460 e. The molecule has 0 heterocycles. The van der Waals surface area contributed by atoms with Gasteiger partial charge in [-0.05, 0) is 30.7 Å². The summed E-state index contributed by atoms with van der Waals surface area (Å²) in [5.41, 5.74) is 1.40. The third-order valence-electron chi connectivity index (χ3n) is 2.40. The van der Waals surface area contributed by atoms with Gasteiger partial charge in [-0.15, -0.1) is 0 Å². The van der Waals surface area contributed by atoms with Crippen molar-refractivity contribution in [2.75, 3.05) is 26.9 Å². The van der Waals surface area contributed by atoms with E-state index in [9.17, 15) is 9.59 Å². The summed E-state index contributed by atoms with van der Waals surface area (Å²) in [7, 11) is 1.52. The molecule has 0 amide bonds. The van der Waals surface area contributed by atoms with Crippen molar-refractivity contribution < 1.29 is 23.8 Å². The minimum absolute atomic E-state index is 0.125. The molecule has 0 fully saturated rings. The van der Waals surface area contributed by atoms with Crippen LogP contribution in [0.5, 0.6) is 0 Å². The highest BCUT2D eigenvalue weighted by Gasteiger charge is 2.13. The van der Waals surface area contributed by atoms with Gasteiger partial charge in [0.2, 0.25) is 0 Å². The smallest absolute Gasteiger partial charge is 0.338 e. The van der Waals surface area contributed by atoms with Gasteiger partial charge in [-0.25, -0.2) is 9.59 Å². The fourth-order valence-electron chi connectivity index (χ4n) is 1.54. The van der Waals surface area contributed by atoms with Gasteiger partial charge in [0, 0.05) is 7.11 Å². The molecule has 0 aliphatic carbocycles. The molecule has 0 radical (unpaired) electrons. The van der Waals surface area contributed by atoms with E-state index in [4.69, 9.17) is 14.2 Å². The van der Waals surface area contributed by atoms with Crippen molar-refractivity contribution in [2.45, 2.75) is 6.92 Å². The number of hydrogen-bond donors (Lipinski definition) is 0. The SMILES string of the molecule is C=CCOC(=O)c1cc(C)cc(C(=O)OCCOC)c1. The lowest BCUT2D eigenvalue weighted by molar-refractivity contribution is 0.0388. The monoisotopic (exact) mass is 278 g/mol. The Hall–Kier alpha value is -2.14. The third-order valence-corrected chi connectivity index (χ3v) is 2.40. The van der Waals surface area contributed by atoms with Crippen molar-refractivity contribution in [3.63, 3.8) is 0 Å². The quantitative estimate of drug-likeness (QED) is 0.434. The highest BCUT2D eigenvalue weighted by molar-refractivity contribution is 5.95. The number of carbonyl (C=O) groups is 2. The number of carbonyl (C=O) groups excluding carboxylic acids is 2. The number of rotatable bonds is 7. The summed E-state index contributed by atoms with van der Waals surface area (Å²) in [6.07, 6.45) is 1.48. The van der Waals surface area contributed by atoms with E-state index in [0.717, 1.165) is 5.56 Å². The molecule has 1 aromatic rings. The first kappa shape index (κ1) is 15.9. The molecule has 0 spiro atoms. The molecule has 5 nitrogen and oxygen atoms in total. The fourth-order valence-corrected chi connectivity index (χ4v) is 1.54. The molecule has 0 bridgehead atoms. The van der Waals surface area contributed by atoms with Crippen molar-refractivity contribution in [3.05, 3.63) is 47.5 Å². The van der Waals surface area contributed by atoms with Crippen LogP contribution in [0.4, 0.5) is 0 Å². The molecule has 108 valence electrons. The van der Waals surface area contributed by atoms with Crippen molar-refractivity contribution in [1.82, 2.24) is 0 Å². The van der Waals surface area contributed by atoms with E-state index in [1.165, 1.54) is 19.3 Å². The Balaban J connectivity index is 2.82. The number of esters is 2. The molecule has 0 aliphatic rings. The van der Waals surface area contributed by atoms with Gasteiger partial charge in [0.1, 0.15) is 13.2 Å². The predicted molar refractivity (Wildman–Crippen MR) is 73.8 cm³/mol. The van der Waals surface area contributed by atoms with Gasteiger partial charge in [-0.2, -0.15) is 0 Å². The lowest BCUT2D eigenvalue weighted by Crippen LogP contribution is -2.12. The summed E-state index contributed by atoms with van der Waals surface area (Å²) in [6.45, 7) is 5.87. The summed E-state index contributed by atoms with van der Waals surface area (Å²) in [5.74, 6) is -0.997. The second-order valence-corrected chi connectivity index (χ2v) is 4.10. The van der Waals surface area contributed by atoms with Crippen molar-refractivity contribution in [2.24, 2.45) is 0 Å². The minimum atomic E-state index is -0.500. The number of benzene rings is 1. The maximum Gasteiger partial charge on any atom is 0.338 e. The largest absolute Gasteiger partial charge is 0.460 e. The standard InChI is InChI=1S/C15H18O5/c1-4-5-19-14(16)12-8-11(2)9-13(10-12)15(17)20-7-6-18-3/h4,8-10H,1,5-7H2,2-3H3. The van der Waals surface area contributed by atoms with Crippen molar-refractivity contribution >= 4 is 11.9 Å². The van der Waals surface area contributed by atoms with Crippen LogP contribution in [0.2, 0.25) is 0 Å². The molecule has 0 N–H and O–H groups in total. The molecular formula is C15H18O5. The summed E-state index contributed by atoms with van der Waals surface area (Å²) < 4.78 is 14.7. The maximum absolute atomic E-state index is 11.8. The van der Waals surface area contributed by atoms with Gasteiger partial charge in [-0.3, -0.25) is 0 Å². The maximum atomic E-state index is 11.8. The van der Waals surface area contributed by atoms with Crippen LogP contribution in [0.15, 0.2) is 30.9 Å². The molecule has 5 heteroatoms. The first-order valence-corrected chi connectivity index (χ1v) is 6.14. The zero-order chi connectivity index (χ0) is 15.0. The van der Waals surface area contributed by atoms with Gasteiger partial charge in [-0.1, -0.05) is 12.7 Å². The lowest BCUT2D eigenvalue weighted by Gasteiger charge is -2.08. The normalized spacial score (nSPS) is 9.90. The zero-order valence-corrected chi connectivity index (χ0v) is 11.7. The highest BCUT2D eigenvalue weighted by Crippen LogP contribution is 2.12. The van der Waals surface area contributed by atoms with Crippen LogP contribution in [-0.4, -0.2) is 38.9 Å². The first-order valence-electron chi connectivity index (χ1n) is 6.14. The zero-order valence-electron chi connectivity index (χ0n) is 11.7. The van der Waals surface area contributed by atoms with Gasteiger partial charge in [0.05, 0.1) is 17.7 Å². The van der Waals surface area contributed by atoms with E-state index >= 15 is 0 Å². The second kappa shape index (κ2) is 8.12. The first-order chi connectivity index (χ1) is 9.58. The lowest BCUT2D eigenvalue weighted by atomic mass is 10.1. The van der Waals surface area contributed by atoms with Gasteiger partial charge in [0.25, 0.3) is 0 Å². The molecule has 0 saturated heterocycles. The fraction of sp³-hybridized carbons (Fsp3) is 0.333. The van der Waals surface area contributed by atoms with Crippen molar-refractivity contribution in [3.8, 4) is 0 Å². The van der Waals surface area contributed by atoms with Crippen LogP contribution in [0.3, 0.4) is 0 Å². The van der Waals surface area contributed by atoms with Crippen LogP contribution in [-0.2, 0) is 14.2 Å². The van der Waals surface area contributed by atoms with E-state index in [2.05, 4.69) is 6.58 Å². The van der Waals surface area contributed by atoms with Crippen LogP contribution < -0.4 is 0 Å². The van der Waals surface area contributed by atoms with E-state index in [0.29, 0.717) is 17.7 Å². The van der Waals surface area contributed by atoms with Gasteiger partial charge >= 0.3 is 11.9 Å². The highest BCUT2D eigenvalue weighted by atomic mass is 16.6. The van der Waals surface area contributed by atoms with Crippen LogP contribution in [0.1, 0.15) is 26.3 Å². The Morgan fingerprint density at radius 3 is 2.25 bits per heavy atom. The van der Waals surface area contributed by atoms with Crippen molar-refractivity contribution in [1.29, 1.82) is 0 Å².